The second-order valence-electron chi connectivity index (χ2n) is 12.7. The fraction of sp³-hybridized carbons (Fsp3) is 0.485. The van der Waals surface area contributed by atoms with E-state index < -0.39 is 59.8 Å². The van der Waals surface area contributed by atoms with Crippen LogP contribution in [0.2, 0.25) is 0 Å². The molecule has 0 aromatic heterocycles. The maximum atomic E-state index is 13.5. The maximum absolute atomic E-state index is 13.5. The largest absolute Gasteiger partial charge is 0.490 e. The number of halogens is 3. The summed E-state index contributed by atoms with van der Waals surface area (Å²) < 4.78 is 42.7. The van der Waals surface area contributed by atoms with Crippen LogP contribution in [0.25, 0.3) is 11.1 Å². The summed E-state index contributed by atoms with van der Waals surface area (Å²) in [5, 5.41) is 19.9. The van der Waals surface area contributed by atoms with Crippen molar-refractivity contribution in [2.45, 2.75) is 75.9 Å². The zero-order valence-corrected chi connectivity index (χ0v) is 26.7. The second kappa shape index (κ2) is 14.6. The van der Waals surface area contributed by atoms with Crippen molar-refractivity contribution in [3.63, 3.8) is 0 Å². The van der Waals surface area contributed by atoms with Crippen LogP contribution < -0.4 is 5.32 Å². The smallest absolute Gasteiger partial charge is 0.475 e. The molecule has 2 heterocycles. The molecule has 3 amide bonds. The van der Waals surface area contributed by atoms with E-state index in [1.165, 1.54) is 9.80 Å². The number of carboxylic acid groups (broad SMARTS) is 1. The van der Waals surface area contributed by atoms with Gasteiger partial charge in [0.25, 0.3) is 0 Å². The summed E-state index contributed by atoms with van der Waals surface area (Å²) in [7, 11) is 0. The van der Waals surface area contributed by atoms with Gasteiger partial charge < -0.3 is 34.8 Å². The third kappa shape index (κ3) is 8.62. The SMILES string of the molecule is CC(C)(C)OC(=O)[C@@H]1C[C@@H](O)CN1C(=O)[C@@H]1CCCN1C(=O)CNC(=O)OCC1c2ccccc2-c2ccccc21.O=C(O)C(F)(F)F. The molecule has 15 heteroatoms. The summed E-state index contributed by atoms with van der Waals surface area (Å²) in [5.74, 6) is -4.24. The van der Waals surface area contributed by atoms with E-state index in [2.05, 4.69) is 17.4 Å². The highest BCUT2D eigenvalue weighted by Gasteiger charge is 2.46. The molecule has 5 rings (SSSR count). The molecule has 48 heavy (non-hydrogen) atoms. The number of carboxylic acids is 1. The first-order valence-electron chi connectivity index (χ1n) is 15.4. The van der Waals surface area contributed by atoms with Gasteiger partial charge in [-0.1, -0.05) is 48.5 Å². The fourth-order valence-corrected chi connectivity index (χ4v) is 6.06. The number of carbonyl (C=O) groups is 5. The average Bonchev–Trinajstić information content (AvgIpc) is 3.73. The van der Waals surface area contributed by atoms with Crippen molar-refractivity contribution < 1.29 is 56.8 Å². The van der Waals surface area contributed by atoms with Crippen LogP contribution in [0.5, 0.6) is 0 Å². The first-order valence-corrected chi connectivity index (χ1v) is 15.4. The monoisotopic (exact) mass is 677 g/mol. The number of likely N-dealkylation sites (tertiary alicyclic amines) is 2. The molecular weight excluding hydrogens is 639 g/mol. The molecular formula is C33H38F3N3O9. The van der Waals surface area contributed by atoms with E-state index in [9.17, 15) is 37.5 Å². The van der Waals surface area contributed by atoms with Crippen molar-refractivity contribution in [3.05, 3.63) is 59.7 Å². The molecule has 2 saturated heterocycles. The van der Waals surface area contributed by atoms with E-state index in [-0.39, 0.29) is 32.0 Å². The number of rotatable bonds is 6. The summed E-state index contributed by atoms with van der Waals surface area (Å²) >= 11 is 0. The Morgan fingerprint density at radius 1 is 0.917 bits per heavy atom. The third-order valence-electron chi connectivity index (χ3n) is 8.07. The molecule has 12 nitrogen and oxygen atoms in total. The number of alkyl halides is 3. The Labute approximate surface area is 274 Å². The Hall–Kier alpha value is -4.66. The first-order chi connectivity index (χ1) is 22.5. The van der Waals surface area contributed by atoms with Gasteiger partial charge in [-0.3, -0.25) is 9.59 Å². The second-order valence-corrected chi connectivity index (χ2v) is 12.7. The molecule has 1 aliphatic carbocycles. The zero-order valence-electron chi connectivity index (χ0n) is 26.7. The molecule has 0 radical (unpaired) electrons. The number of alkyl carbamates (subject to hydrolysis) is 1. The van der Waals surface area contributed by atoms with Gasteiger partial charge in [0, 0.05) is 25.4 Å². The number of amides is 3. The minimum Gasteiger partial charge on any atom is -0.475 e. The van der Waals surface area contributed by atoms with Crippen molar-refractivity contribution >= 4 is 29.8 Å². The molecule has 2 aliphatic heterocycles. The van der Waals surface area contributed by atoms with Crippen LogP contribution in [-0.4, -0.2) is 106 Å². The van der Waals surface area contributed by atoms with Gasteiger partial charge in [0.1, 0.15) is 30.8 Å². The van der Waals surface area contributed by atoms with E-state index in [0.717, 1.165) is 22.3 Å². The molecule has 0 unspecified atom stereocenters. The third-order valence-corrected chi connectivity index (χ3v) is 8.07. The van der Waals surface area contributed by atoms with Crippen molar-refractivity contribution in [1.29, 1.82) is 0 Å². The summed E-state index contributed by atoms with van der Waals surface area (Å²) in [6.45, 7) is 5.38. The summed E-state index contributed by atoms with van der Waals surface area (Å²) in [4.78, 5) is 63.5. The lowest BCUT2D eigenvalue weighted by atomic mass is 9.98. The number of aliphatic carboxylic acids is 1. The quantitative estimate of drug-likeness (QED) is 0.389. The highest BCUT2D eigenvalue weighted by atomic mass is 19.4. The number of ether oxygens (including phenoxy) is 2. The van der Waals surface area contributed by atoms with Gasteiger partial charge in [-0.05, 0) is 55.9 Å². The van der Waals surface area contributed by atoms with Gasteiger partial charge in [0.2, 0.25) is 11.8 Å². The highest BCUT2D eigenvalue weighted by molar-refractivity contribution is 5.93. The lowest BCUT2D eigenvalue weighted by molar-refractivity contribution is -0.192. The Bertz CT molecular complexity index is 1500. The van der Waals surface area contributed by atoms with Crippen molar-refractivity contribution in [1.82, 2.24) is 15.1 Å². The number of carbonyl (C=O) groups excluding carboxylic acids is 4. The number of esters is 1. The molecule has 3 atom stereocenters. The standard InChI is InChI=1S/C31H37N3O7.C2HF3O2/c1-31(2,3)41-29(38)26-15-19(35)17-34(26)28(37)25-13-8-14-33(25)27(36)16-32-30(39)40-18-24-22-11-6-4-9-20(22)21-10-5-7-12-23(21)24;3-2(4,5)1(6)7/h4-7,9-12,19,24-26,35H,8,13-18H2,1-3H3,(H,32,39);(H,6,7)/t19-,25+,26+;/m1./s1. The van der Waals surface area contributed by atoms with Crippen LogP contribution in [0.4, 0.5) is 18.0 Å². The lowest BCUT2D eigenvalue weighted by Crippen LogP contribution is -2.53. The number of benzene rings is 2. The number of aliphatic hydroxyl groups is 1. The van der Waals surface area contributed by atoms with E-state index in [0.29, 0.717) is 19.4 Å². The molecule has 2 aromatic rings. The fourth-order valence-electron chi connectivity index (χ4n) is 6.06. The average molecular weight is 678 g/mol. The minimum atomic E-state index is -5.08. The van der Waals surface area contributed by atoms with Crippen LogP contribution >= 0.6 is 0 Å². The Morgan fingerprint density at radius 2 is 1.48 bits per heavy atom. The van der Waals surface area contributed by atoms with E-state index in [4.69, 9.17) is 19.4 Å². The lowest BCUT2D eigenvalue weighted by Gasteiger charge is -2.31. The van der Waals surface area contributed by atoms with Crippen LogP contribution in [-0.2, 0) is 28.7 Å². The molecule has 0 spiro atoms. The molecule has 260 valence electrons. The number of β-amino-alcohol motifs (C(OH)–C–C–N with tert-alkyl or cyclic N) is 1. The molecule has 3 aliphatic rings. The van der Waals surface area contributed by atoms with Crippen molar-refractivity contribution in [2.75, 3.05) is 26.2 Å². The van der Waals surface area contributed by atoms with Crippen LogP contribution in [0.15, 0.2) is 48.5 Å². The number of aliphatic hydroxyl groups excluding tert-OH is 1. The molecule has 0 bridgehead atoms. The van der Waals surface area contributed by atoms with Crippen LogP contribution in [0.1, 0.15) is 57.1 Å². The van der Waals surface area contributed by atoms with E-state index >= 15 is 0 Å². The maximum Gasteiger partial charge on any atom is 0.490 e. The summed E-state index contributed by atoms with van der Waals surface area (Å²) in [5.41, 5.74) is 3.69. The number of nitrogens with zero attached hydrogens (tertiary/aromatic N) is 2. The predicted molar refractivity (Wildman–Crippen MR) is 163 cm³/mol. The Kier molecular flexibility index (Phi) is 11.0. The minimum absolute atomic E-state index is 0.000721. The topological polar surface area (TPSA) is 163 Å². The highest BCUT2D eigenvalue weighted by Crippen LogP contribution is 2.44. The number of fused-ring (bicyclic) bond motifs is 3. The predicted octanol–water partition coefficient (Wildman–Crippen LogP) is 3.45. The van der Waals surface area contributed by atoms with Crippen LogP contribution in [0, 0.1) is 0 Å². The van der Waals surface area contributed by atoms with Crippen molar-refractivity contribution in [3.8, 4) is 11.1 Å². The molecule has 0 saturated carbocycles. The van der Waals surface area contributed by atoms with Gasteiger partial charge in [-0.25, -0.2) is 14.4 Å². The summed E-state index contributed by atoms with van der Waals surface area (Å²) in [6, 6.07) is 14.4. The number of hydrogen-bond acceptors (Lipinski definition) is 8. The van der Waals surface area contributed by atoms with Gasteiger partial charge >= 0.3 is 24.2 Å². The van der Waals surface area contributed by atoms with Gasteiger partial charge in [-0.2, -0.15) is 13.2 Å². The number of nitrogens with one attached hydrogen (secondary N) is 1. The normalized spacial score (nSPS) is 20.3. The van der Waals surface area contributed by atoms with Gasteiger partial charge in [-0.15, -0.1) is 0 Å². The zero-order chi connectivity index (χ0) is 35.4. The van der Waals surface area contributed by atoms with E-state index in [1.54, 1.807) is 20.8 Å². The van der Waals surface area contributed by atoms with E-state index in [1.807, 2.05) is 36.4 Å². The number of hydrogen-bond donors (Lipinski definition) is 3. The first kappa shape index (κ1) is 36.2. The van der Waals surface area contributed by atoms with Crippen LogP contribution in [0.3, 0.4) is 0 Å². The Balaban J connectivity index is 0.000000671. The van der Waals surface area contributed by atoms with Gasteiger partial charge in [0.05, 0.1) is 6.10 Å². The van der Waals surface area contributed by atoms with Crippen molar-refractivity contribution in [2.24, 2.45) is 0 Å². The van der Waals surface area contributed by atoms with Gasteiger partial charge in [0.15, 0.2) is 0 Å². The molecule has 2 aromatic carbocycles. The molecule has 2 fully saturated rings. The molecule has 3 N–H and O–H groups in total. The summed E-state index contributed by atoms with van der Waals surface area (Å²) in [6.07, 6.45) is -5.51. The Morgan fingerprint density at radius 3 is 2.02 bits per heavy atom.